The van der Waals surface area contributed by atoms with Crippen molar-refractivity contribution in [3.63, 3.8) is 0 Å². The third kappa shape index (κ3) is 4.86. The zero-order valence-corrected chi connectivity index (χ0v) is 30.1. The summed E-state index contributed by atoms with van der Waals surface area (Å²) in [7, 11) is 0. The number of benzene rings is 7. The highest BCUT2D eigenvalue weighted by molar-refractivity contribution is 7.25. The van der Waals surface area contributed by atoms with Crippen LogP contribution in [0.1, 0.15) is 26.3 Å². The monoisotopic (exact) mass is 685 g/mol. The molecule has 0 aliphatic carbocycles. The van der Waals surface area contributed by atoms with Gasteiger partial charge in [-0.15, -0.1) is 11.3 Å². The lowest BCUT2D eigenvalue weighted by molar-refractivity contribution is 0.590. The van der Waals surface area contributed by atoms with Crippen LogP contribution in [0.25, 0.3) is 92.3 Å². The predicted octanol–water partition coefficient (Wildman–Crippen LogP) is 13.4. The molecular weight excluding hydrogens is 651 g/mol. The summed E-state index contributed by atoms with van der Waals surface area (Å²) in [5.41, 5.74) is 10.5. The van der Waals surface area contributed by atoms with Crippen LogP contribution in [0.3, 0.4) is 0 Å². The summed E-state index contributed by atoms with van der Waals surface area (Å²) in [6, 6.07) is 57.0. The number of fused-ring (bicyclic) bond motifs is 7. The van der Waals surface area contributed by atoms with Gasteiger partial charge in [0.25, 0.3) is 0 Å². The first-order valence-electron chi connectivity index (χ1n) is 17.8. The number of aromatic nitrogens is 3. The molecule has 0 aliphatic rings. The van der Waals surface area contributed by atoms with Gasteiger partial charge in [-0.3, -0.25) is 4.57 Å². The Bertz CT molecular complexity index is 2940. The minimum atomic E-state index is 0.102. The van der Waals surface area contributed by atoms with Crippen LogP contribution in [-0.4, -0.2) is 14.5 Å². The molecule has 3 heterocycles. The van der Waals surface area contributed by atoms with Crippen molar-refractivity contribution in [3.8, 4) is 39.5 Å². The van der Waals surface area contributed by atoms with Crippen LogP contribution in [0.5, 0.6) is 0 Å². The third-order valence-electron chi connectivity index (χ3n) is 10.4. The highest BCUT2D eigenvalue weighted by Gasteiger charge is 2.21. The summed E-state index contributed by atoms with van der Waals surface area (Å²) in [5, 5.41) is 7.15. The van der Waals surface area contributed by atoms with Crippen LogP contribution in [0.15, 0.2) is 158 Å². The Hall–Kier alpha value is -6.10. The van der Waals surface area contributed by atoms with E-state index in [-0.39, 0.29) is 5.41 Å². The van der Waals surface area contributed by atoms with Gasteiger partial charge in [0.2, 0.25) is 5.95 Å². The molecule has 0 spiro atoms. The maximum atomic E-state index is 5.48. The molecule has 7 aromatic carbocycles. The summed E-state index contributed by atoms with van der Waals surface area (Å²) >= 11 is 1.73. The Balaban J connectivity index is 1.21. The maximum Gasteiger partial charge on any atom is 0.236 e. The van der Waals surface area contributed by atoms with Gasteiger partial charge >= 0.3 is 0 Å². The normalized spacial score (nSPS) is 12.1. The number of thiophene rings is 1. The van der Waals surface area contributed by atoms with Crippen LogP contribution in [0.2, 0.25) is 0 Å². The maximum absolute atomic E-state index is 5.48. The van der Waals surface area contributed by atoms with Gasteiger partial charge in [0.15, 0.2) is 0 Å². The van der Waals surface area contributed by atoms with Crippen LogP contribution >= 0.6 is 11.3 Å². The molecule has 4 heteroatoms. The number of hydrogen-bond donors (Lipinski definition) is 0. The molecule has 0 saturated carbocycles. The second-order valence-electron chi connectivity index (χ2n) is 14.6. The molecule has 3 nitrogen and oxygen atoms in total. The first-order valence-corrected chi connectivity index (χ1v) is 18.7. The first kappa shape index (κ1) is 30.7. The van der Waals surface area contributed by atoms with E-state index < -0.39 is 0 Å². The summed E-state index contributed by atoms with van der Waals surface area (Å²) in [5.74, 6) is 0.683. The van der Waals surface area contributed by atoms with E-state index in [4.69, 9.17) is 9.97 Å². The quantitative estimate of drug-likeness (QED) is 0.185. The summed E-state index contributed by atoms with van der Waals surface area (Å²) in [6.07, 6.45) is 0. The standard InChI is InChI=1S/C48H35N3S/c1-48(2,3)34-27-25-30(26-28-34)35-20-11-13-31-14-12-21-36(43(31)35)32-15-10-16-33(29-32)45-44-39-19-6-9-24-42(39)52-46(44)50-47(49-45)51-40-22-7-4-17-37(40)38-18-5-8-23-41(38)51/h4-29H,1-3H3. The van der Waals surface area contributed by atoms with Gasteiger partial charge in [-0.2, -0.15) is 0 Å². The molecular formula is C48H35N3S. The van der Waals surface area contributed by atoms with Crippen molar-refractivity contribution in [3.05, 3.63) is 163 Å². The zero-order chi connectivity index (χ0) is 35.0. The fourth-order valence-electron chi connectivity index (χ4n) is 7.86. The van der Waals surface area contributed by atoms with Gasteiger partial charge < -0.3 is 0 Å². The molecule has 0 N–H and O–H groups in total. The molecule has 0 aliphatic heterocycles. The van der Waals surface area contributed by atoms with Crippen molar-refractivity contribution in [1.29, 1.82) is 0 Å². The highest BCUT2D eigenvalue weighted by Crippen LogP contribution is 2.42. The van der Waals surface area contributed by atoms with Gasteiger partial charge in [-0.05, 0) is 68.3 Å². The largest absolute Gasteiger partial charge is 0.278 e. The van der Waals surface area contributed by atoms with Gasteiger partial charge in [-0.25, -0.2) is 9.97 Å². The molecule has 0 bridgehead atoms. The Labute approximate surface area is 306 Å². The van der Waals surface area contributed by atoms with E-state index in [1.54, 1.807) is 11.3 Å². The van der Waals surface area contributed by atoms with Crippen LogP contribution < -0.4 is 0 Å². The van der Waals surface area contributed by atoms with Crippen molar-refractivity contribution in [2.24, 2.45) is 0 Å². The molecule has 0 amide bonds. The van der Waals surface area contributed by atoms with Gasteiger partial charge in [-0.1, -0.05) is 154 Å². The number of para-hydroxylation sites is 2. The second-order valence-corrected chi connectivity index (χ2v) is 15.7. The fourth-order valence-corrected chi connectivity index (χ4v) is 8.94. The molecule has 0 saturated heterocycles. The second kappa shape index (κ2) is 11.7. The minimum absolute atomic E-state index is 0.102. The lowest BCUT2D eigenvalue weighted by atomic mass is 9.85. The third-order valence-corrected chi connectivity index (χ3v) is 11.5. The zero-order valence-electron chi connectivity index (χ0n) is 29.3. The minimum Gasteiger partial charge on any atom is -0.278 e. The van der Waals surface area contributed by atoms with Crippen molar-refractivity contribution in [2.75, 3.05) is 0 Å². The van der Waals surface area contributed by atoms with E-state index in [2.05, 4.69) is 183 Å². The van der Waals surface area contributed by atoms with Crippen molar-refractivity contribution in [2.45, 2.75) is 26.2 Å². The van der Waals surface area contributed by atoms with E-state index in [0.29, 0.717) is 5.95 Å². The van der Waals surface area contributed by atoms with Gasteiger partial charge in [0.05, 0.1) is 16.7 Å². The smallest absolute Gasteiger partial charge is 0.236 e. The lowest BCUT2D eigenvalue weighted by Crippen LogP contribution is -2.10. The SMILES string of the molecule is CC(C)(C)c1ccc(-c2cccc3cccc(-c4cccc(-c5nc(-n6c7ccccc7c7ccccc76)nc6sc7ccccc7c56)c4)c23)cc1. The van der Waals surface area contributed by atoms with E-state index in [9.17, 15) is 0 Å². The van der Waals surface area contributed by atoms with Crippen LogP contribution in [-0.2, 0) is 5.41 Å². The molecule has 3 aromatic heterocycles. The average molecular weight is 686 g/mol. The van der Waals surface area contributed by atoms with Gasteiger partial charge in [0, 0.05) is 31.8 Å². The van der Waals surface area contributed by atoms with Crippen LogP contribution in [0.4, 0.5) is 0 Å². The van der Waals surface area contributed by atoms with Gasteiger partial charge in [0.1, 0.15) is 4.83 Å². The molecule has 0 radical (unpaired) electrons. The Morgan fingerprint density at radius 2 is 1.10 bits per heavy atom. The first-order chi connectivity index (χ1) is 25.4. The summed E-state index contributed by atoms with van der Waals surface area (Å²) < 4.78 is 3.43. The Kier molecular flexibility index (Phi) is 6.92. The molecule has 0 atom stereocenters. The average Bonchev–Trinajstić information content (AvgIpc) is 3.73. The molecule has 52 heavy (non-hydrogen) atoms. The summed E-state index contributed by atoms with van der Waals surface area (Å²) in [4.78, 5) is 11.8. The topological polar surface area (TPSA) is 30.7 Å². The van der Waals surface area contributed by atoms with Crippen LogP contribution in [0, 0.1) is 0 Å². The number of hydrogen-bond acceptors (Lipinski definition) is 3. The van der Waals surface area contributed by atoms with Crippen molar-refractivity contribution in [1.82, 2.24) is 14.5 Å². The molecule has 248 valence electrons. The molecule has 0 fully saturated rings. The fraction of sp³-hybridized carbons (Fsp3) is 0.0833. The Morgan fingerprint density at radius 3 is 1.79 bits per heavy atom. The highest BCUT2D eigenvalue weighted by atomic mass is 32.1. The molecule has 10 rings (SSSR count). The molecule has 0 unspecified atom stereocenters. The lowest BCUT2D eigenvalue weighted by Gasteiger charge is -2.19. The molecule has 10 aromatic rings. The van der Waals surface area contributed by atoms with Crippen molar-refractivity contribution >= 4 is 64.2 Å². The summed E-state index contributed by atoms with van der Waals surface area (Å²) in [6.45, 7) is 6.80. The number of nitrogens with zero attached hydrogens (tertiary/aromatic N) is 3. The predicted molar refractivity (Wildman–Crippen MR) is 222 cm³/mol. The van der Waals surface area contributed by atoms with Crippen molar-refractivity contribution < 1.29 is 0 Å². The van der Waals surface area contributed by atoms with E-state index in [0.717, 1.165) is 38.1 Å². The Morgan fingerprint density at radius 1 is 0.500 bits per heavy atom. The van der Waals surface area contributed by atoms with E-state index in [1.165, 1.54) is 53.9 Å². The number of rotatable bonds is 4. The van der Waals surface area contributed by atoms with E-state index in [1.807, 2.05) is 0 Å². The van der Waals surface area contributed by atoms with E-state index >= 15 is 0 Å².